The van der Waals surface area contributed by atoms with Crippen molar-refractivity contribution in [2.24, 2.45) is 11.7 Å². The minimum Gasteiger partial charge on any atom is -0.330 e. The first-order valence-corrected chi connectivity index (χ1v) is 5.99. The highest BCUT2D eigenvalue weighted by Gasteiger charge is 2.12. The minimum atomic E-state index is -0.204. The number of aromatic nitrogens is 1. The number of nitrogens with one attached hydrogen (secondary N) is 1. The molecule has 1 atom stereocenters. The summed E-state index contributed by atoms with van der Waals surface area (Å²) in [6.45, 7) is 4.07. The van der Waals surface area contributed by atoms with Gasteiger partial charge in [0, 0.05) is 23.5 Å². The van der Waals surface area contributed by atoms with Crippen molar-refractivity contribution >= 4 is 22.5 Å². The zero-order chi connectivity index (χ0) is 13.1. The summed E-state index contributed by atoms with van der Waals surface area (Å²) in [6, 6.07) is 9.69. The van der Waals surface area contributed by atoms with Crippen LogP contribution in [-0.2, 0) is 4.79 Å². The fraction of sp³-hybridized carbons (Fsp3) is 0.286. The second-order valence-electron chi connectivity index (χ2n) is 4.46. The van der Waals surface area contributed by atoms with Gasteiger partial charge >= 0.3 is 0 Å². The van der Waals surface area contributed by atoms with Crippen LogP contribution in [0.25, 0.3) is 10.9 Å². The van der Waals surface area contributed by atoms with Gasteiger partial charge in [-0.1, -0.05) is 25.1 Å². The number of hydrogen-bond acceptors (Lipinski definition) is 3. The van der Waals surface area contributed by atoms with Crippen molar-refractivity contribution in [2.45, 2.75) is 13.8 Å². The Balaban J connectivity index is 2.39. The molecular weight excluding hydrogens is 226 g/mol. The second-order valence-corrected chi connectivity index (χ2v) is 4.46. The summed E-state index contributed by atoms with van der Waals surface area (Å²) >= 11 is 0. The highest BCUT2D eigenvalue weighted by molar-refractivity contribution is 6.01. The maximum atomic E-state index is 11.9. The third kappa shape index (κ3) is 2.49. The van der Waals surface area contributed by atoms with Crippen LogP contribution in [0.5, 0.6) is 0 Å². The quantitative estimate of drug-likeness (QED) is 0.867. The van der Waals surface area contributed by atoms with E-state index in [2.05, 4.69) is 10.3 Å². The molecule has 0 aliphatic carbocycles. The van der Waals surface area contributed by atoms with Gasteiger partial charge in [-0.15, -0.1) is 0 Å². The van der Waals surface area contributed by atoms with E-state index in [-0.39, 0.29) is 11.8 Å². The monoisotopic (exact) mass is 243 g/mol. The van der Waals surface area contributed by atoms with E-state index in [0.29, 0.717) is 6.54 Å². The molecule has 2 rings (SSSR count). The summed E-state index contributed by atoms with van der Waals surface area (Å²) in [5, 5.41) is 3.89. The summed E-state index contributed by atoms with van der Waals surface area (Å²) in [4.78, 5) is 16.3. The van der Waals surface area contributed by atoms with Crippen LogP contribution in [0.15, 0.2) is 30.3 Å². The van der Waals surface area contributed by atoms with E-state index in [9.17, 15) is 4.79 Å². The lowest BCUT2D eigenvalue weighted by Crippen LogP contribution is -2.26. The van der Waals surface area contributed by atoms with Gasteiger partial charge in [0.25, 0.3) is 0 Å². The van der Waals surface area contributed by atoms with E-state index in [1.165, 1.54) is 0 Å². The summed E-state index contributed by atoms with van der Waals surface area (Å²) in [6.07, 6.45) is 0. The summed E-state index contributed by atoms with van der Waals surface area (Å²) in [5.41, 5.74) is 7.97. The molecular formula is C14H17N3O. The Morgan fingerprint density at radius 1 is 1.39 bits per heavy atom. The summed E-state index contributed by atoms with van der Waals surface area (Å²) in [7, 11) is 0. The third-order valence-electron chi connectivity index (χ3n) is 2.92. The molecule has 0 spiro atoms. The molecule has 2 aromatic rings. The average molecular weight is 243 g/mol. The molecule has 0 radical (unpaired) electrons. The Kier molecular flexibility index (Phi) is 3.58. The standard InChI is InChI=1S/C14H17N3O/c1-9(8-15)14(18)17-12-5-3-4-11-7-6-10(2)16-13(11)12/h3-7,9H,8,15H2,1-2H3,(H,17,18). The molecule has 1 aromatic carbocycles. The molecule has 1 amide bonds. The predicted molar refractivity (Wildman–Crippen MR) is 73.3 cm³/mol. The van der Waals surface area contributed by atoms with Gasteiger partial charge in [0.05, 0.1) is 11.2 Å². The number of pyridine rings is 1. The van der Waals surface area contributed by atoms with Crippen molar-refractivity contribution in [2.75, 3.05) is 11.9 Å². The topological polar surface area (TPSA) is 68.0 Å². The van der Waals surface area contributed by atoms with Crippen LogP contribution in [0.4, 0.5) is 5.69 Å². The molecule has 1 unspecified atom stereocenters. The molecule has 0 saturated carbocycles. The number of nitrogens with zero attached hydrogens (tertiary/aromatic N) is 1. The van der Waals surface area contributed by atoms with Crippen LogP contribution in [0, 0.1) is 12.8 Å². The maximum absolute atomic E-state index is 11.9. The van der Waals surface area contributed by atoms with Crippen molar-refractivity contribution in [3.05, 3.63) is 36.0 Å². The van der Waals surface area contributed by atoms with E-state index in [1.54, 1.807) is 6.92 Å². The number of benzene rings is 1. The van der Waals surface area contributed by atoms with Crippen LogP contribution in [0.2, 0.25) is 0 Å². The van der Waals surface area contributed by atoms with Crippen LogP contribution >= 0.6 is 0 Å². The highest BCUT2D eigenvalue weighted by atomic mass is 16.1. The van der Waals surface area contributed by atoms with Crippen molar-refractivity contribution in [1.82, 2.24) is 4.98 Å². The molecule has 1 heterocycles. The number of aryl methyl sites for hydroxylation is 1. The lowest BCUT2D eigenvalue weighted by Gasteiger charge is -2.11. The van der Waals surface area contributed by atoms with E-state index in [4.69, 9.17) is 5.73 Å². The number of fused-ring (bicyclic) bond motifs is 1. The van der Waals surface area contributed by atoms with Crippen LogP contribution in [-0.4, -0.2) is 17.4 Å². The number of carbonyl (C=O) groups is 1. The molecule has 3 N–H and O–H groups in total. The number of anilines is 1. The number of nitrogens with two attached hydrogens (primary N) is 1. The smallest absolute Gasteiger partial charge is 0.228 e. The molecule has 0 aliphatic heterocycles. The van der Waals surface area contributed by atoms with Crippen molar-refractivity contribution in [3.8, 4) is 0 Å². The predicted octanol–water partition coefficient (Wildman–Crippen LogP) is 2.08. The highest BCUT2D eigenvalue weighted by Crippen LogP contribution is 2.22. The van der Waals surface area contributed by atoms with Gasteiger partial charge in [0.1, 0.15) is 0 Å². The Morgan fingerprint density at radius 2 is 2.17 bits per heavy atom. The fourth-order valence-corrected chi connectivity index (χ4v) is 1.71. The van der Waals surface area contributed by atoms with E-state index >= 15 is 0 Å². The molecule has 0 bridgehead atoms. The first-order chi connectivity index (χ1) is 8.61. The Labute approximate surface area is 106 Å². The first-order valence-electron chi connectivity index (χ1n) is 5.99. The number of para-hydroxylation sites is 1. The molecule has 1 aromatic heterocycles. The molecule has 0 aliphatic rings. The van der Waals surface area contributed by atoms with E-state index < -0.39 is 0 Å². The molecule has 0 saturated heterocycles. The van der Waals surface area contributed by atoms with Crippen molar-refractivity contribution in [3.63, 3.8) is 0 Å². The van der Waals surface area contributed by atoms with Crippen LogP contribution in [0.3, 0.4) is 0 Å². The fourth-order valence-electron chi connectivity index (χ4n) is 1.71. The first kappa shape index (κ1) is 12.5. The summed E-state index contributed by atoms with van der Waals surface area (Å²) in [5.74, 6) is -0.279. The second kappa shape index (κ2) is 5.14. The van der Waals surface area contributed by atoms with E-state index in [1.807, 2.05) is 37.3 Å². The minimum absolute atomic E-state index is 0.0756. The Bertz CT molecular complexity index is 580. The third-order valence-corrected chi connectivity index (χ3v) is 2.92. The van der Waals surface area contributed by atoms with Crippen LogP contribution in [0.1, 0.15) is 12.6 Å². The number of carbonyl (C=O) groups excluding carboxylic acids is 1. The number of amides is 1. The molecule has 4 nitrogen and oxygen atoms in total. The lowest BCUT2D eigenvalue weighted by atomic mass is 10.1. The van der Waals surface area contributed by atoms with Gasteiger partial charge < -0.3 is 11.1 Å². The normalized spacial score (nSPS) is 12.4. The zero-order valence-electron chi connectivity index (χ0n) is 10.6. The summed E-state index contributed by atoms with van der Waals surface area (Å²) < 4.78 is 0. The number of rotatable bonds is 3. The van der Waals surface area contributed by atoms with Gasteiger partial charge in [0.2, 0.25) is 5.91 Å². The van der Waals surface area contributed by atoms with Gasteiger partial charge in [-0.3, -0.25) is 9.78 Å². The zero-order valence-corrected chi connectivity index (χ0v) is 10.6. The van der Waals surface area contributed by atoms with Gasteiger partial charge in [-0.25, -0.2) is 0 Å². The van der Waals surface area contributed by atoms with Gasteiger partial charge in [0.15, 0.2) is 0 Å². The van der Waals surface area contributed by atoms with Crippen molar-refractivity contribution in [1.29, 1.82) is 0 Å². The van der Waals surface area contributed by atoms with Crippen molar-refractivity contribution < 1.29 is 4.79 Å². The largest absolute Gasteiger partial charge is 0.330 e. The van der Waals surface area contributed by atoms with Gasteiger partial charge in [-0.05, 0) is 19.1 Å². The van der Waals surface area contributed by atoms with Gasteiger partial charge in [-0.2, -0.15) is 0 Å². The number of hydrogen-bond donors (Lipinski definition) is 2. The Hall–Kier alpha value is -1.94. The van der Waals surface area contributed by atoms with E-state index in [0.717, 1.165) is 22.3 Å². The maximum Gasteiger partial charge on any atom is 0.228 e. The average Bonchev–Trinajstić information content (AvgIpc) is 2.38. The molecule has 0 fully saturated rings. The lowest BCUT2D eigenvalue weighted by molar-refractivity contribution is -0.119. The SMILES string of the molecule is Cc1ccc2cccc(NC(=O)C(C)CN)c2n1. The van der Waals surface area contributed by atoms with Crippen LogP contribution < -0.4 is 11.1 Å². The molecule has 94 valence electrons. The Morgan fingerprint density at radius 3 is 2.89 bits per heavy atom. The molecule has 18 heavy (non-hydrogen) atoms. The molecule has 4 heteroatoms.